The molecule has 0 aliphatic carbocycles. The molecular formula is C27H24BrFN4O5. The number of benzene rings is 3. The molecule has 11 heteroatoms. The molecule has 9 nitrogen and oxygen atoms in total. The van der Waals surface area contributed by atoms with Gasteiger partial charge in [-0.15, -0.1) is 0 Å². The largest absolute Gasteiger partial charge is 0.496 e. The third-order valence-electron chi connectivity index (χ3n) is 5.87. The standard InChI is InChI=1S/C27H24BrFN4O5/c1-38-23-9-5-2-6-17(23)15-30-24(34)12-13-32-26(36)19-7-3-4-8-22(19)33(27(32)37)16-25(35)31-21-11-10-18(28)14-20(21)29/h2-11,14H,12-13,15-16H2,1H3,(H,30,34)(H,31,35). The van der Waals surface area contributed by atoms with E-state index in [0.717, 1.165) is 14.7 Å². The highest BCUT2D eigenvalue weighted by atomic mass is 79.9. The average molecular weight is 583 g/mol. The van der Waals surface area contributed by atoms with Crippen LogP contribution in [0.3, 0.4) is 0 Å². The van der Waals surface area contributed by atoms with Gasteiger partial charge in [0.2, 0.25) is 11.8 Å². The molecule has 196 valence electrons. The monoisotopic (exact) mass is 582 g/mol. The van der Waals surface area contributed by atoms with Crippen LogP contribution >= 0.6 is 15.9 Å². The fourth-order valence-electron chi connectivity index (χ4n) is 3.99. The molecular weight excluding hydrogens is 559 g/mol. The van der Waals surface area contributed by atoms with E-state index in [2.05, 4.69) is 26.6 Å². The van der Waals surface area contributed by atoms with E-state index in [4.69, 9.17) is 4.74 Å². The van der Waals surface area contributed by atoms with Gasteiger partial charge in [-0.05, 0) is 36.4 Å². The van der Waals surface area contributed by atoms with Gasteiger partial charge in [0.25, 0.3) is 5.56 Å². The summed E-state index contributed by atoms with van der Waals surface area (Å²) in [5.41, 5.74) is -0.334. The van der Waals surface area contributed by atoms with Crippen LogP contribution < -0.4 is 26.6 Å². The van der Waals surface area contributed by atoms with Crippen molar-refractivity contribution in [1.82, 2.24) is 14.5 Å². The molecule has 1 aromatic heterocycles. The number of hydrogen-bond donors (Lipinski definition) is 2. The fourth-order valence-corrected chi connectivity index (χ4v) is 4.32. The number of carbonyl (C=O) groups excluding carboxylic acids is 2. The lowest BCUT2D eigenvalue weighted by Crippen LogP contribution is -2.42. The molecule has 0 radical (unpaired) electrons. The lowest BCUT2D eigenvalue weighted by molar-refractivity contribution is -0.121. The molecule has 38 heavy (non-hydrogen) atoms. The van der Waals surface area contributed by atoms with Crippen LogP contribution in [0.1, 0.15) is 12.0 Å². The Morgan fingerprint density at radius 2 is 1.71 bits per heavy atom. The summed E-state index contributed by atoms with van der Waals surface area (Å²) in [6, 6.07) is 17.8. The number of carbonyl (C=O) groups is 2. The molecule has 2 N–H and O–H groups in total. The van der Waals surface area contributed by atoms with E-state index in [-0.39, 0.29) is 42.0 Å². The third-order valence-corrected chi connectivity index (χ3v) is 6.36. The van der Waals surface area contributed by atoms with Crippen LogP contribution in [0, 0.1) is 5.82 Å². The molecule has 3 aromatic carbocycles. The van der Waals surface area contributed by atoms with E-state index in [1.807, 2.05) is 18.2 Å². The first kappa shape index (κ1) is 26.8. The van der Waals surface area contributed by atoms with Gasteiger partial charge in [-0.25, -0.2) is 9.18 Å². The summed E-state index contributed by atoms with van der Waals surface area (Å²) < 4.78 is 22.0. The number of para-hydroxylation sites is 2. The maximum Gasteiger partial charge on any atom is 0.331 e. The van der Waals surface area contributed by atoms with Gasteiger partial charge in [-0.3, -0.25) is 23.5 Å². The highest BCUT2D eigenvalue weighted by molar-refractivity contribution is 9.10. The maximum atomic E-state index is 14.2. The Morgan fingerprint density at radius 1 is 0.974 bits per heavy atom. The number of halogens is 2. The van der Waals surface area contributed by atoms with Gasteiger partial charge in [-0.1, -0.05) is 46.3 Å². The van der Waals surface area contributed by atoms with E-state index < -0.39 is 29.5 Å². The van der Waals surface area contributed by atoms with Crippen molar-refractivity contribution in [3.8, 4) is 5.75 Å². The number of aromatic nitrogens is 2. The van der Waals surface area contributed by atoms with Crippen molar-refractivity contribution in [2.45, 2.75) is 26.1 Å². The van der Waals surface area contributed by atoms with Crippen LogP contribution in [0.4, 0.5) is 10.1 Å². The van der Waals surface area contributed by atoms with Gasteiger partial charge in [0.15, 0.2) is 0 Å². The summed E-state index contributed by atoms with van der Waals surface area (Å²) in [4.78, 5) is 51.6. The van der Waals surface area contributed by atoms with Crippen LogP contribution in [-0.4, -0.2) is 28.1 Å². The van der Waals surface area contributed by atoms with Crippen LogP contribution in [0.25, 0.3) is 10.9 Å². The molecule has 0 aliphatic heterocycles. The zero-order chi connectivity index (χ0) is 27.2. The van der Waals surface area contributed by atoms with E-state index in [0.29, 0.717) is 10.2 Å². The molecule has 0 atom stereocenters. The second-order valence-electron chi connectivity index (χ2n) is 8.35. The summed E-state index contributed by atoms with van der Waals surface area (Å²) in [6.07, 6.45) is -0.140. The topological polar surface area (TPSA) is 111 Å². The first-order valence-corrected chi connectivity index (χ1v) is 12.4. The lowest BCUT2D eigenvalue weighted by atomic mass is 10.2. The fraction of sp³-hybridized carbons (Fsp3) is 0.185. The minimum absolute atomic E-state index is 0.0457. The van der Waals surface area contributed by atoms with E-state index in [9.17, 15) is 23.6 Å². The summed E-state index contributed by atoms with van der Waals surface area (Å²) >= 11 is 3.16. The van der Waals surface area contributed by atoms with Gasteiger partial charge in [0.1, 0.15) is 18.1 Å². The minimum atomic E-state index is -0.752. The quantitative estimate of drug-likeness (QED) is 0.314. The second kappa shape index (κ2) is 11.9. The first-order chi connectivity index (χ1) is 18.3. The summed E-state index contributed by atoms with van der Waals surface area (Å²) in [5.74, 6) is -1.04. The number of anilines is 1. The number of hydrogen-bond acceptors (Lipinski definition) is 5. The van der Waals surface area contributed by atoms with Crippen molar-refractivity contribution in [3.05, 3.63) is 103 Å². The number of ether oxygens (including phenoxy) is 1. The number of rotatable bonds is 9. The minimum Gasteiger partial charge on any atom is -0.496 e. The van der Waals surface area contributed by atoms with Crippen molar-refractivity contribution < 1.29 is 18.7 Å². The summed E-state index contributed by atoms with van der Waals surface area (Å²) in [5, 5.41) is 5.42. The van der Waals surface area contributed by atoms with E-state index in [1.165, 1.54) is 25.3 Å². The second-order valence-corrected chi connectivity index (χ2v) is 9.27. The number of amides is 2. The maximum absolute atomic E-state index is 14.2. The smallest absolute Gasteiger partial charge is 0.331 e. The Kier molecular flexibility index (Phi) is 8.37. The average Bonchev–Trinajstić information content (AvgIpc) is 2.91. The summed E-state index contributed by atoms with van der Waals surface area (Å²) in [6.45, 7) is -0.440. The van der Waals surface area contributed by atoms with Gasteiger partial charge in [0, 0.05) is 29.5 Å². The van der Waals surface area contributed by atoms with Crippen molar-refractivity contribution in [3.63, 3.8) is 0 Å². The Balaban J connectivity index is 1.54. The van der Waals surface area contributed by atoms with Gasteiger partial charge < -0.3 is 15.4 Å². The number of nitrogens with zero attached hydrogens (tertiary/aromatic N) is 2. The lowest BCUT2D eigenvalue weighted by Gasteiger charge is -2.14. The van der Waals surface area contributed by atoms with Crippen molar-refractivity contribution >= 4 is 44.3 Å². The Bertz CT molecular complexity index is 1630. The normalized spacial score (nSPS) is 10.8. The van der Waals surface area contributed by atoms with Crippen molar-refractivity contribution in [2.24, 2.45) is 0 Å². The molecule has 4 rings (SSSR count). The molecule has 4 aromatic rings. The van der Waals surface area contributed by atoms with Gasteiger partial charge in [0.05, 0.1) is 23.7 Å². The molecule has 0 unspecified atom stereocenters. The highest BCUT2D eigenvalue weighted by Crippen LogP contribution is 2.19. The number of nitrogens with one attached hydrogen (secondary N) is 2. The van der Waals surface area contributed by atoms with E-state index >= 15 is 0 Å². The zero-order valence-electron chi connectivity index (χ0n) is 20.4. The molecule has 0 fully saturated rings. The first-order valence-electron chi connectivity index (χ1n) is 11.6. The van der Waals surface area contributed by atoms with Crippen LogP contribution in [0.2, 0.25) is 0 Å². The molecule has 0 saturated heterocycles. The van der Waals surface area contributed by atoms with E-state index in [1.54, 1.807) is 30.3 Å². The van der Waals surface area contributed by atoms with Gasteiger partial charge in [-0.2, -0.15) is 0 Å². The third kappa shape index (κ3) is 6.00. The number of methoxy groups -OCH3 is 1. The van der Waals surface area contributed by atoms with Crippen molar-refractivity contribution in [1.29, 1.82) is 0 Å². The molecule has 0 bridgehead atoms. The summed E-state index contributed by atoms with van der Waals surface area (Å²) in [7, 11) is 1.54. The highest BCUT2D eigenvalue weighted by Gasteiger charge is 2.17. The number of fused-ring (bicyclic) bond motifs is 1. The predicted octanol–water partition coefficient (Wildman–Crippen LogP) is 3.42. The molecule has 1 heterocycles. The van der Waals surface area contributed by atoms with Crippen LogP contribution in [0.5, 0.6) is 5.75 Å². The Hall–Kier alpha value is -4.25. The van der Waals surface area contributed by atoms with Gasteiger partial charge >= 0.3 is 5.69 Å². The molecule has 0 aliphatic rings. The van der Waals surface area contributed by atoms with Crippen LogP contribution in [0.15, 0.2) is 80.8 Å². The Labute approximate surface area is 225 Å². The molecule has 0 spiro atoms. The molecule has 2 amide bonds. The Morgan fingerprint density at radius 3 is 2.47 bits per heavy atom. The van der Waals surface area contributed by atoms with Crippen molar-refractivity contribution in [2.75, 3.05) is 12.4 Å². The zero-order valence-corrected chi connectivity index (χ0v) is 22.0. The SMILES string of the molecule is COc1ccccc1CNC(=O)CCn1c(=O)c2ccccc2n(CC(=O)Nc2ccc(Br)cc2F)c1=O. The van der Waals surface area contributed by atoms with Crippen LogP contribution in [-0.2, 0) is 29.2 Å². The predicted molar refractivity (Wildman–Crippen MR) is 145 cm³/mol. The molecule has 0 saturated carbocycles.